The summed E-state index contributed by atoms with van der Waals surface area (Å²) >= 11 is 0. The van der Waals surface area contributed by atoms with Gasteiger partial charge < -0.3 is 14.6 Å². The van der Waals surface area contributed by atoms with Crippen molar-refractivity contribution in [3.8, 4) is 0 Å². The maximum Gasteiger partial charge on any atom is 0.282 e. The lowest BCUT2D eigenvalue weighted by Crippen LogP contribution is -2.38. The molecule has 1 saturated heterocycles. The van der Waals surface area contributed by atoms with Crippen LogP contribution in [0.4, 0.5) is 0 Å². The van der Waals surface area contributed by atoms with Crippen LogP contribution in [0.5, 0.6) is 0 Å². The Kier molecular flexibility index (Phi) is 6.01. The van der Waals surface area contributed by atoms with Gasteiger partial charge in [-0.05, 0) is 25.8 Å². The Morgan fingerprint density at radius 2 is 2.04 bits per heavy atom. The van der Waals surface area contributed by atoms with Crippen LogP contribution < -0.4 is 10.9 Å². The van der Waals surface area contributed by atoms with Crippen LogP contribution >= 0.6 is 0 Å². The first kappa shape index (κ1) is 19.1. The van der Waals surface area contributed by atoms with E-state index in [9.17, 15) is 9.59 Å². The maximum atomic E-state index is 12.8. The Bertz CT molecular complexity index is 884. The van der Waals surface area contributed by atoms with Crippen molar-refractivity contribution in [1.82, 2.24) is 29.3 Å². The molecule has 2 aromatic rings. The summed E-state index contributed by atoms with van der Waals surface area (Å²) in [5, 5.41) is 2.89. The van der Waals surface area contributed by atoms with E-state index in [4.69, 9.17) is 4.74 Å². The Morgan fingerprint density at radius 1 is 1.18 bits per heavy atom. The highest BCUT2D eigenvalue weighted by Gasteiger charge is 2.18. The van der Waals surface area contributed by atoms with Gasteiger partial charge in [-0.1, -0.05) is 6.42 Å². The molecule has 0 aromatic carbocycles. The number of carbonyl (C=O) groups is 1. The Morgan fingerprint density at radius 3 is 2.89 bits per heavy atom. The van der Waals surface area contributed by atoms with E-state index >= 15 is 0 Å². The average molecular weight is 388 g/mol. The smallest absolute Gasteiger partial charge is 0.282 e. The first-order chi connectivity index (χ1) is 13.7. The highest BCUT2D eigenvalue weighted by Crippen LogP contribution is 2.18. The maximum absolute atomic E-state index is 12.8. The molecule has 0 saturated carbocycles. The molecule has 9 heteroatoms. The molecule has 0 atom stereocenters. The second-order valence-corrected chi connectivity index (χ2v) is 7.50. The van der Waals surface area contributed by atoms with Crippen LogP contribution in [-0.2, 0) is 29.0 Å². The number of aryl methyl sites for hydroxylation is 2. The molecule has 1 N–H and O–H groups in total. The molecule has 0 radical (unpaired) electrons. The van der Waals surface area contributed by atoms with Crippen LogP contribution in [0.15, 0.2) is 11.1 Å². The van der Waals surface area contributed by atoms with Crippen molar-refractivity contribution in [2.45, 2.75) is 45.2 Å². The minimum atomic E-state index is -0.242. The SMILES string of the molecule is O=C(Cn1cnc2c(nc3n2CCCCC3)c1=O)NCCCN1CCOCC1. The van der Waals surface area contributed by atoms with E-state index in [0.29, 0.717) is 17.7 Å². The zero-order valence-electron chi connectivity index (χ0n) is 16.2. The quantitative estimate of drug-likeness (QED) is 0.709. The molecule has 9 nitrogen and oxygen atoms in total. The van der Waals surface area contributed by atoms with Gasteiger partial charge in [0.2, 0.25) is 5.91 Å². The fraction of sp³-hybridized carbons (Fsp3) is 0.684. The lowest BCUT2D eigenvalue weighted by Gasteiger charge is -2.26. The van der Waals surface area contributed by atoms with Crippen LogP contribution in [0.1, 0.15) is 31.5 Å². The third-order valence-corrected chi connectivity index (χ3v) is 5.48. The van der Waals surface area contributed by atoms with Gasteiger partial charge in [0.1, 0.15) is 18.7 Å². The topological polar surface area (TPSA) is 94.3 Å². The summed E-state index contributed by atoms with van der Waals surface area (Å²) in [7, 11) is 0. The molecule has 0 aliphatic carbocycles. The van der Waals surface area contributed by atoms with Gasteiger partial charge in [0.25, 0.3) is 5.56 Å². The number of hydrogen-bond acceptors (Lipinski definition) is 6. The monoisotopic (exact) mass is 388 g/mol. The van der Waals surface area contributed by atoms with Gasteiger partial charge in [0.15, 0.2) is 11.2 Å². The van der Waals surface area contributed by atoms with E-state index < -0.39 is 0 Å². The van der Waals surface area contributed by atoms with E-state index in [1.165, 1.54) is 17.3 Å². The van der Waals surface area contributed by atoms with Crippen molar-refractivity contribution in [2.75, 3.05) is 39.4 Å². The molecule has 152 valence electrons. The number of morpholine rings is 1. The van der Waals surface area contributed by atoms with Crippen LogP contribution in [0.3, 0.4) is 0 Å². The summed E-state index contributed by atoms with van der Waals surface area (Å²) in [5.74, 6) is 0.758. The second kappa shape index (κ2) is 8.83. The minimum absolute atomic E-state index is 0.0263. The van der Waals surface area contributed by atoms with Crippen molar-refractivity contribution in [3.63, 3.8) is 0 Å². The van der Waals surface area contributed by atoms with Crippen LogP contribution in [-0.4, -0.2) is 69.3 Å². The standard InChI is InChI=1S/C19H28N6O3/c26-16(20-6-4-7-23-9-11-28-12-10-23)13-24-14-21-18-17(19(24)27)22-15-5-2-1-3-8-25(15)18/h14H,1-13H2,(H,20,26). The Hall–Kier alpha value is -2.26. The summed E-state index contributed by atoms with van der Waals surface area (Å²) in [6.45, 7) is 5.82. The lowest BCUT2D eigenvalue weighted by atomic mass is 10.2. The fourth-order valence-corrected chi connectivity index (χ4v) is 3.91. The number of ether oxygens (including phenoxy) is 1. The summed E-state index contributed by atoms with van der Waals surface area (Å²) in [6.07, 6.45) is 6.57. The Labute approximate surface area is 163 Å². The number of nitrogens with zero attached hydrogens (tertiary/aromatic N) is 5. The summed E-state index contributed by atoms with van der Waals surface area (Å²) in [6, 6.07) is 0. The van der Waals surface area contributed by atoms with Crippen molar-refractivity contribution >= 4 is 17.1 Å². The van der Waals surface area contributed by atoms with Gasteiger partial charge in [0.05, 0.1) is 13.2 Å². The number of hydrogen-bond donors (Lipinski definition) is 1. The van der Waals surface area contributed by atoms with Gasteiger partial charge in [-0.25, -0.2) is 9.97 Å². The minimum Gasteiger partial charge on any atom is -0.379 e. The average Bonchev–Trinajstić information content (AvgIpc) is 2.90. The predicted octanol–water partition coefficient (Wildman–Crippen LogP) is 0.158. The summed E-state index contributed by atoms with van der Waals surface area (Å²) < 4.78 is 8.74. The molecule has 0 bridgehead atoms. The van der Waals surface area contributed by atoms with Gasteiger partial charge in [-0.3, -0.25) is 19.1 Å². The van der Waals surface area contributed by atoms with Crippen molar-refractivity contribution in [2.24, 2.45) is 0 Å². The summed E-state index contributed by atoms with van der Waals surface area (Å²) in [5.41, 5.74) is 0.776. The molecular weight excluding hydrogens is 360 g/mol. The van der Waals surface area contributed by atoms with Crippen LogP contribution in [0.2, 0.25) is 0 Å². The molecule has 4 rings (SSSR count). The van der Waals surface area contributed by atoms with Gasteiger partial charge in [0, 0.05) is 32.6 Å². The number of rotatable bonds is 6. The summed E-state index contributed by atoms with van der Waals surface area (Å²) in [4.78, 5) is 36.3. The molecule has 2 aromatic heterocycles. The zero-order valence-corrected chi connectivity index (χ0v) is 16.2. The molecule has 1 fully saturated rings. The lowest BCUT2D eigenvalue weighted by molar-refractivity contribution is -0.121. The predicted molar refractivity (Wildman–Crippen MR) is 104 cm³/mol. The van der Waals surface area contributed by atoms with E-state index in [-0.39, 0.29) is 18.0 Å². The first-order valence-corrected chi connectivity index (χ1v) is 10.2. The number of fused-ring (bicyclic) bond motifs is 3. The van der Waals surface area contributed by atoms with Crippen molar-refractivity contribution in [3.05, 3.63) is 22.5 Å². The molecule has 1 amide bonds. The second-order valence-electron chi connectivity index (χ2n) is 7.50. The van der Waals surface area contributed by atoms with Gasteiger partial charge in [-0.15, -0.1) is 0 Å². The van der Waals surface area contributed by atoms with Gasteiger partial charge >= 0.3 is 0 Å². The normalized spacial score (nSPS) is 18.0. The molecule has 0 unspecified atom stereocenters. The van der Waals surface area contributed by atoms with Crippen LogP contribution in [0, 0.1) is 0 Å². The molecule has 2 aliphatic heterocycles. The first-order valence-electron chi connectivity index (χ1n) is 10.2. The zero-order chi connectivity index (χ0) is 19.3. The number of nitrogens with one attached hydrogen (secondary N) is 1. The van der Waals surface area contributed by atoms with E-state index in [1.807, 2.05) is 0 Å². The molecule has 4 heterocycles. The molecule has 2 aliphatic rings. The van der Waals surface area contributed by atoms with E-state index in [2.05, 4.69) is 24.8 Å². The largest absolute Gasteiger partial charge is 0.379 e. The highest BCUT2D eigenvalue weighted by atomic mass is 16.5. The number of amides is 1. The van der Waals surface area contributed by atoms with E-state index in [0.717, 1.165) is 70.9 Å². The number of carbonyl (C=O) groups excluding carboxylic acids is 1. The fourth-order valence-electron chi connectivity index (χ4n) is 3.91. The van der Waals surface area contributed by atoms with Crippen molar-refractivity contribution < 1.29 is 9.53 Å². The molecule has 0 spiro atoms. The number of imidazole rings is 1. The van der Waals surface area contributed by atoms with Gasteiger partial charge in [-0.2, -0.15) is 0 Å². The van der Waals surface area contributed by atoms with E-state index in [1.54, 1.807) is 0 Å². The number of aromatic nitrogens is 4. The highest BCUT2D eigenvalue weighted by molar-refractivity contribution is 5.76. The Balaban J connectivity index is 1.34. The van der Waals surface area contributed by atoms with Crippen LogP contribution in [0.25, 0.3) is 11.2 Å². The third kappa shape index (κ3) is 4.25. The third-order valence-electron chi connectivity index (χ3n) is 5.48. The van der Waals surface area contributed by atoms with Crippen molar-refractivity contribution in [1.29, 1.82) is 0 Å². The molecular formula is C19H28N6O3. The molecule has 28 heavy (non-hydrogen) atoms.